The third-order valence-electron chi connectivity index (χ3n) is 6.71. The van der Waals surface area contributed by atoms with Gasteiger partial charge in [0.2, 0.25) is 0 Å². The molecular formula is C25H27F3N2O2S. The highest BCUT2D eigenvalue weighted by Gasteiger charge is 2.31. The summed E-state index contributed by atoms with van der Waals surface area (Å²) in [5, 5.41) is 5.07. The Morgan fingerprint density at radius 3 is 2.61 bits per heavy atom. The first kappa shape index (κ1) is 22.4. The highest BCUT2D eigenvalue weighted by molar-refractivity contribution is 7.19. The van der Waals surface area contributed by atoms with E-state index >= 15 is 0 Å². The van der Waals surface area contributed by atoms with Crippen LogP contribution in [0.25, 0.3) is 10.1 Å². The molecule has 0 aliphatic heterocycles. The van der Waals surface area contributed by atoms with Crippen LogP contribution in [0.4, 0.5) is 13.2 Å². The number of fused-ring (bicyclic) bond motifs is 1. The highest BCUT2D eigenvalue weighted by atomic mass is 32.1. The lowest BCUT2D eigenvalue weighted by atomic mass is 10.1. The molecule has 8 heteroatoms. The van der Waals surface area contributed by atoms with Crippen LogP contribution in [0, 0.1) is 11.8 Å². The van der Waals surface area contributed by atoms with Crippen molar-refractivity contribution in [2.75, 3.05) is 6.61 Å². The molecule has 0 amide bonds. The second kappa shape index (κ2) is 8.78. The van der Waals surface area contributed by atoms with Crippen molar-refractivity contribution in [3.05, 3.63) is 56.3 Å². The topological polar surface area (TPSA) is 44.1 Å². The molecule has 0 unspecified atom stereocenters. The number of hydrogen-bond acceptors (Lipinski definition) is 4. The summed E-state index contributed by atoms with van der Waals surface area (Å²) in [5.41, 5.74) is 0.565. The number of thiophene rings is 1. The van der Waals surface area contributed by atoms with Gasteiger partial charge in [-0.25, -0.2) is 4.68 Å². The highest BCUT2D eigenvalue weighted by Crippen LogP contribution is 2.42. The molecule has 4 nitrogen and oxygen atoms in total. The van der Waals surface area contributed by atoms with E-state index in [-0.39, 0.29) is 12.0 Å². The van der Waals surface area contributed by atoms with Crippen molar-refractivity contribution in [2.24, 2.45) is 18.9 Å². The van der Waals surface area contributed by atoms with Crippen molar-refractivity contribution < 1.29 is 17.9 Å². The Morgan fingerprint density at radius 1 is 1.15 bits per heavy atom. The van der Waals surface area contributed by atoms with Crippen LogP contribution in [0.3, 0.4) is 0 Å². The van der Waals surface area contributed by atoms with Crippen molar-refractivity contribution in [2.45, 2.75) is 57.5 Å². The van der Waals surface area contributed by atoms with Crippen molar-refractivity contribution in [1.82, 2.24) is 9.78 Å². The van der Waals surface area contributed by atoms with Crippen LogP contribution in [-0.2, 0) is 26.1 Å². The average molecular weight is 477 g/mol. The summed E-state index contributed by atoms with van der Waals surface area (Å²) in [7, 11) is 1.66. The first-order chi connectivity index (χ1) is 15.8. The maximum Gasteiger partial charge on any atom is 0.416 e. The smallest absolute Gasteiger partial charge is 0.416 e. The van der Waals surface area contributed by atoms with Crippen LogP contribution < -0.4 is 10.3 Å². The third kappa shape index (κ3) is 4.81. The van der Waals surface area contributed by atoms with Gasteiger partial charge in [0.05, 0.1) is 27.4 Å². The van der Waals surface area contributed by atoms with Gasteiger partial charge in [-0.05, 0) is 55.6 Å². The standard InChI is InChI=1S/C25H27F3N2O2S/c1-30-24(31)21-22(32-14-16-5-2-3-6-16)20(33-23(21)19(29-30)12-15-9-10-15)13-17-7-4-8-18(11-17)25(26,27)28/h4,7-8,11,15-16H,2-3,5-6,9-10,12-14H2,1H3. The number of ether oxygens (including phenoxy) is 1. The monoisotopic (exact) mass is 476 g/mol. The number of aromatic nitrogens is 2. The van der Waals surface area contributed by atoms with E-state index in [0.29, 0.717) is 35.1 Å². The van der Waals surface area contributed by atoms with Gasteiger partial charge in [-0.2, -0.15) is 18.3 Å². The van der Waals surface area contributed by atoms with Gasteiger partial charge in [0.15, 0.2) is 0 Å². The van der Waals surface area contributed by atoms with E-state index in [1.165, 1.54) is 53.8 Å². The summed E-state index contributed by atoms with van der Waals surface area (Å²) in [6.45, 7) is 0.533. The Kier molecular flexibility index (Phi) is 5.97. The van der Waals surface area contributed by atoms with Crippen LogP contribution in [0.5, 0.6) is 5.75 Å². The summed E-state index contributed by atoms with van der Waals surface area (Å²) >= 11 is 1.45. The number of halogens is 3. The quantitative estimate of drug-likeness (QED) is 0.412. The Hall–Kier alpha value is -2.35. The van der Waals surface area contributed by atoms with Gasteiger partial charge in [-0.3, -0.25) is 4.79 Å². The van der Waals surface area contributed by atoms with Crippen LogP contribution in [0.2, 0.25) is 0 Å². The van der Waals surface area contributed by atoms with Gasteiger partial charge < -0.3 is 4.74 Å². The lowest BCUT2D eigenvalue weighted by Gasteiger charge is -2.13. The summed E-state index contributed by atoms with van der Waals surface area (Å²) in [5.74, 6) is 1.59. The number of hydrogen-bond donors (Lipinski definition) is 0. The first-order valence-corrected chi connectivity index (χ1v) is 12.4. The van der Waals surface area contributed by atoms with Crippen LogP contribution >= 0.6 is 11.3 Å². The van der Waals surface area contributed by atoms with Crippen LogP contribution in [0.15, 0.2) is 29.1 Å². The molecule has 0 atom stereocenters. The number of nitrogens with zero attached hydrogens (tertiary/aromatic N) is 2. The van der Waals surface area contributed by atoms with Crippen molar-refractivity contribution in [1.29, 1.82) is 0 Å². The fourth-order valence-electron chi connectivity index (χ4n) is 4.71. The lowest BCUT2D eigenvalue weighted by Crippen LogP contribution is -2.21. The number of aryl methyl sites for hydroxylation is 1. The number of rotatable bonds is 7. The van der Waals surface area contributed by atoms with Crippen molar-refractivity contribution >= 4 is 21.4 Å². The fourth-order valence-corrected chi connectivity index (χ4v) is 5.98. The molecule has 2 aliphatic carbocycles. The molecule has 2 aromatic heterocycles. The summed E-state index contributed by atoms with van der Waals surface area (Å²) in [6, 6.07) is 5.40. The van der Waals surface area contributed by atoms with E-state index in [0.717, 1.165) is 40.6 Å². The molecule has 2 aliphatic rings. The third-order valence-corrected chi connectivity index (χ3v) is 7.93. The largest absolute Gasteiger partial charge is 0.491 e. The minimum atomic E-state index is -4.39. The number of alkyl halides is 3. The Labute approximate surface area is 194 Å². The maximum atomic E-state index is 13.3. The first-order valence-electron chi connectivity index (χ1n) is 11.6. The minimum Gasteiger partial charge on any atom is -0.491 e. The zero-order valence-electron chi connectivity index (χ0n) is 18.6. The Bertz CT molecular complexity index is 1220. The minimum absolute atomic E-state index is 0.211. The molecule has 0 N–H and O–H groups in total. The van der Waals surface area contributed by atoms with E-state index in [2.05, 4.69) is 5.10 Å². The van der Waals surface area contributed by atoms with E-state index in [9.17, 15) is 18.0 Å². The lowest BCUT2D eigenvalue weighted by molar-refractivity contribution is -0.137. The van der Waals surface area contributed by atoms with Crippen LogP contribution in [0.1, 0.15) is 60.2 Å². The molecule has 3 aromatic rings. The summed E-state index contributed by atoms with van der Waals surface area (Å²) in [4.78, 5) is 13.9. The molecule has 1 aromatic carbocycles. The van der Waals surface area contributed by atoms with E-state index in [1.807, 2.05) is 0 Å². The maximum absolute atomic E-state index is 13.3. The predicted molar refractivity (Wildman–Crippen MR) is 123 cm³/mol. The normalized spacial score (nSPS) is 17.2. The molecule has 2 fully saturated rings. The van der Waals surface area contributed by atoms with Gasteiger partial charge in [0, 0.05) is 13.5 Å². The molecule has 0 spiro atoms. The van der Waals surface area contributed by atoms with Crippen molar-refractivity contribution in [3.63, 3.8) is 0 Å². The summed E-state index contributed by atoms with van der Waals surface area (Å²) in [6.07, 6.45) is 3.63. The molecule has 2 heterocycles. The van der Waals surface area contributed by atoms with Crippen molar-refractivity contribution in [3.8, 4) is 5.75 Å². The van der Waals surface area contributed by atoms with Crippen LogP contribution in [-0.4, -0.2) is 16.4 Å². The number of benzene rings is 1. The molecule has 176 valence electrons. The molecule has 2 saturated carbocycles. The Morgan fingerprint density at radius 2 is 1.91 bits per heavy atom. The zero-order valence-corrected chi connectivity index (χ0v) is 19.4. The summed E-state index contributed by atoms with van der Waals surface area (Å²) < 4.78 is 48.3. The molecule has 0 radical (unpaired) electrons. The fraction of sp³-hybridized carbons (Fsp3) is 0.520. The second-order valence-corrected chi connectivity index (χ2v) is 10.5. The average Bonchev–Trinajstić information content (AvgIpc) is 3.29. The van der Waals surface area contributed by atoms with E-state index in [4.69, 9.17) is 4.74 Å². The molecule has 0 bridgehead atoms. The Balaban J connectivity index is 1.57. The van der Waals surface area contributed by atoms with Gasteiger partial charge in [-0.1, -0.05) is 31.0 Å². The molecule has 0 saturated heterocycles. The van der Waals surface area contributed by atoms with E-state index < -0.39 is 11.7 Å². The molecule has 33 heavy (non-hydrogen) atoms. The zero-order chi connectivity index (χ0) is 23.2. The SMILES string of the molecule is Cn1nc(CC2CC2)c2sc(Cc3cccc(C(F)(F)F)c3)c(OCC3CCCC3)c2c1=O. The van der Waals surface area contributed by atoms with Gasteiger partial charge in [0.1, 0.15) is 11.1 Å². The second-order valence-electron chi connectivity index (χ2n) is 9.42. The van der Waals surface area contributed by atoms with Gasteiger partial charge in [-0.15, -0.1) is 11.3 Å². The molecular weight excluding hydrogens is 449 g/mol. The van der Waals surface area contributed by atoms with E-state index in [1.54, 1.807) is 13.1 Å². The predicted octanol–water partition coefficient (Wildman–Crippen LogP) is 6.13. The van der Waals surface area contributed by atoms with Gasteiger partial charge >= 0.3 is 6.18 Å². The molecule has 5 rings (SSSR count). The van der Waals surface area contributed by atoms with Gasteiger partial charge in [0.25, 0.3) is 5.56 Å².